The molecule has 35 heavy (non-hydrogen) atoms. The van der Waals surface area contributed by atoms with Crippen LogP contribution in [0, 0.1) is 0 Å². The zero-order chi connectivity index (χ0) is 24.9. The highest BCUT2D eigenvalue weighted by molar-refractivity contribution is 8.16. The van der Waals surface area contributed by atoms with Crippen molar-refractivity contribution in [3.05, 3.63) is 52.2 Å². The van der Waals surface area contributed by atoms with Crippen LogP contribution in [0.15, 0.2) is 51.6 Å². The molecule has 1 fully saturated rings. The number of ether oxygens (including phenoxy) is 2. The largest absolute Gasteiger partial charge is 0.496 e. The van der Waals surface area contributed by atoms with Crippen molar-refractivity contribution < 1.29 is 19.1 Å². The fourth-order valence-corrected chi connectivity index (χ4v) is 5.74. The second-order valence-electron chi connectivity index (χ2n) is 8.73. The molecule has 3 aliphatic heterocycles. The van der Waals surface area contributed by atoms with Gasteiger partial charge in [0.25, 0.3) is 5.91 Å². The van der Waals surface area contributed by atoms with Crippen molar-refractivity contribution in [1.29, 1.82) is 0 Å². The number of carbonyl (C=O) groups is 2. The second kappa shape index (κ2) is 11.3. The Balaban J connectivity index is 1.67. The number of amides is 2. The number of benzene rings is 1. The summed E-state index contributed by atoms with van der Waals surface area (Å²) in [6.07, 6.45) is 2.28. The maximum Gasteiger partial charge on any atom is 0.254 e. The Morgan fingerprint density at radius 3 is 2.74 bits per heavy atom. The van der Waals surface area contributed by atoms with Crippen LogP contribution in [-0.2, 0) is 14.3 Å². The summed E-state index contributed by atoms with van der Waals surface area (Å²) in [5, 5.41) is 5.73. The molecule has 188 valence electrons. The Morgan fingerprint density at radius 2 is 2.06 bits per heavy atom. The van der Waals surface area contributed by atoms with E-state index in [-0.39, 0.29) is 24.3 Å². The first-order valence-corrected chi connectivity index (χ1v) is 13.1. The number of aliphatic imine (C=N–C) groups is 1. The van der Waals surface area contributed by atoms with E-state index in [1.54, 1.807) is 7.11 Å². The first-order valence-electron chi connectivity index (χ1n) is 12.2. The van der Waals surface area contributed by atoms with E-state index in [2.05, 4.69) is 5.32 Å². The van der Waals surface area contributed by atoms with E-state index in [0.717, 1.165) is 35.9 Å². The Hall–Kier alpha value is -2.78. The van der Waals surface area contributed by atoms with Crippen molar-refractivity contribution in [3.63, 3.8) is 0 Å². The van der Waals surface area contributed by atoms with Gasteiger partial charge in [-0.25, -0.2) is 4.99 Å². The molecule has 0 saturated carbocycles. The SMILES string of the molecule is CCN(CC)C(=O)C1=C(C)N=C2SC=C(CC(=O)NCC3CCCO3)N2C1c1ccccc1OC. The molecule has 0 radical (unpaired) electrons. The van der Waals surface area contributed by atoms with Crippen molar-refractivity contribution in [2.45, 2.75) is 52.2 Å². The smallest absolute Gasteiger partial charge is 0.254 e. The number of nitrogens with one attached hydrogen (secondary N) is 1. The molecule has 2 atom stereocenters. The third kappa shape index (κ3) is 5.26. The van der Waals surface area contributed by atoms with Crippen LogP contribution in [0.1, 0.15) is 51.6 Å². The summed E-state index contributed by atoms with van der Waals surface area (Å²) in [4.78, 5) is 35.2. The molecule has 4 rings (SSSR count). The van der Waals surface area contributed by atoms with Gasteiger partial charge in [0.05, 0.1) is 36.9 Å². The maximum atomic E-state index is 13.7. The van der Waals surface area contributed by atoms with Crippen molar-refractivity contribution in [3.8, 4) is 5.75 Å². The van der Waals surface area contributed by atoms with Crippen LogP contribution in [0.5, 0.6) is 5.75 Å². The van der Waals surface area contributed by atoms with Crippen molar-refractivity contribution >= 4 is 28.7 Å². The number of allylic oxidation sites excluding steroid dienone is 1. The fraction of sp³-hybridized carbons (Fsp3) is 0.500. The van der Waals surface area contributed by atoms with Crippen LogP contribution in [0.3, 0.4) is 0 Å². The first kappa shape index (κ1) is 25.3. The molecule has 1 aromatic carbocycles. The van der Waals surface area contributed by atoms with Crippen LogP contribution >= 0.6 is 11.8 Å². The molecule has 0 spiro atoms. The molecule has 8 nitrogen and oxygen atoms in total. The summed E-state index contributed by atoms with van der Waals surface area (Å²) in [5.41, 5.74) is 2.97. The van der Waals surface area contributed by atoms with Gasteiger partial charge >= 0.3 is 0 Å². The number of fused-ring (bicyclic) bond motifs is 1. The first-order chi connectivity index (χ1) is 17.0. The van der Waals surface area contributed by atoms with E-state index in [9.17, 15) is 9.59 Å². The third-order valence-corrected chi connectivity index (χ3v) is 7.50. The highest BCUT2D eigenvalue weighted by Crippen LogP contribution is 2.47. The molecule has 0 aromatic heterocycles. The zero-order valence-electron chi connectivity index (χ0n) is 20.9. The number of hydrogen-bond donors (Lipinski definition) is 1. The minimum Gasteiger partial charge on any atom is -0.496 e. The summed E-state index contributed by atoms with van der Waals surface area (Å²) in [6.45, 7) is 8.31. The number of thioether (sulfide) groups is 1. The van der Waals surface area contributed by atoms with Gasteiger partial charge in [0.2, 0.25) is 5.91 Å². The molecular formula is C26H34N4O4S. The van der Waals surface area contributed by atoms with Crippen LogP contribution in [0.2, 0.25) is 0 Å². The number of amidine groups is 1. The molecule has 9 heteroatoms. The predicted molar refractivity (Wildman–Crippen MR) is 138 cm³/mol. The fourth-order valence-electron chi connectivity index (χ4n) is 4.77. The lowest BCUT2D eigenvalue weighted by Crippen LogP contribution is -2.42. The second-order valence-corrected chi connectivity index (χ2v) is 9.56. The van der Waals surface area contributed by atoms with Gasteiger partial charge in [-0.05, 0) is 45.1 Å². The lowest BCUT2D eigenvalue weighted by Gasteiger charge is -2.38. The lowest BCUT2D eigenvalue weighted by molar-refractivity contribution is -0.127. The number of likely N-dealkylation sites (N-methyl/N-ethyl adjacent to an activating group) is 1. The highest BCUT2D eigenvalue weighted by atomic mass is 32.2. The Kier molecular flexibility index (Phi) is 8.18. The quantitative estimate of drug-likeness (QED) is 0.557. The van der Waals surface area contributed by atoms with Crippen molar-refractivity contribution in [1.82, 2.24) is 15.1 Å². The van der Waals surface area contributed by atoms with Gasteiger partial charge in [0.1, 0.15) is 5.75 Å². The Morgan fingerprint density at radius 1 is 1.29 bits per heavy atom. The average Bonchev–Trinajstić information content (AvgIpc) is 3.52. The Labute approximate surface area is 211 Å². The van der Waals surface area contributed by atoms with Crippen LogP contribution in [0.4, 0.5) is 0 Å². The van der Waals surface area contributed by atoms with E-state index < -0.39 is 6.04 Å². The number of rotatable bonds is 9. The molecule has 3 aliphatic rings. The summed E-state index contributed by atoms with van der Waals surface area (Å²) >= 11 is 1.48. The van der Waals surface area contributed by atoms with Gasteiger partial charge in [-0.2, -0.15) is 0 Å². The molecular weight excluding hydrogens is 464 g/mol. The average molecular weight is 499 g/mol. The predicted octanol–water partition coefficient (Wildman–Crippen LogP) is 3.82. The molecule has 0 bridgehead atoms. The lowest BCUT2D eigenvalue weighted by atomic mass is 9.92. The van der Waals surface area contributed by atoms with E-state index >= 15 is 0 Å². The minimum atomic E-state index is -0.445. The number of nitrogens with zero attached hydrogens (tertiary/aromatic N) is 3. The van der Waals surface area contributed by atoms with Gasteiger partial charge in [-0.3, -0.25) is 9.59 Å². The molecule has 2 amide bonds. The van der Waals surface area contributed by atoms with Gasteiger partial charge in [-0.1, -0.05) is 30.0 Å². The van der Waals surface area contributed by atoms with Gasteiger partial charge in [-0.15, -0.1) is 0 Å². The van der Waals surface area contributed by atoms with Crippen LogP contribution in [0.25, 0.3) is 0 Å². The summed E-state index contributed by atoms with van der Waals surface area (Å²) < 4.78 is 11.3. The molecule has 2 unspecified atom stereocenters. The Bertz CT molecular complexity index is 1060. The van der Waals surface area contributed by atoms with Gasteiger partial charge < -0.3 is 24.6 Å². The molecule has 1 saturated heterocycles. The van der Waals surface area contributed by atoms with Crippen LogP contribution < -0.4 is 10.1 Å². The molecule has 3 heterocycles. The summed E-state index contributed by atoms with van der Waals surface area (Å²) in [7, 11) is 1.63. The normalized spacial score (nSPS) is 21.4. The van der Waals surface area contributed by atoms with Crippen molar-refractivity contribution in [2.24, 2.45) is 4.99 Å². The molecule has 1 aromatic rings. The third-order valence-electron chi connectivity index (χ3n) is 6.61. The number of para-hydroxylation sites is 1. The van der Waals surface area contributed by atoms with E-state index in [0.29, 0.717) is 36.7 Å². The molecule has 0 aliphatic carbocycles. The van der Waals surface area contributed by atoms with E-state index in [4.69, 9.17) is 14.5 Å². The summed E-state index contributed by atoms with van der Waals surface area (Å²) in [6, 6.07) is 7.29. The number of methoxy groups -OCH3 is 1. The van der Waals surface area contributed by atoms with E-state index in [1.807, 2.05) is 60.2 Å². The molecule has 1 N–H and O–H groups in total. The monoisotopic (exact) mass is 498 g/mol. The minimum absolute atomic E-state index is 0.0507. The van der Waals surface area contributed by atoms with E-state index in [1.165, 1.54) is 11.8 Å². The highest BCUT2D eigenvalue weighted by Gasteiger charge is 2.42. The van der Waals surface area contributed by atoms with Gasteiger partial charge in [0, 0.05) is 37.5 Å². The standard InChI is InChI=1S/C26H34N4O4S/c1-5-29(6-2)25(32)23-17(3)28-26-30(24(23)20-11-7-8-12-21(20)33-4)18(16-35-26)14-22(31)27-15-19-10-9-13-34-19/h7-8,11-12,16,19,24H,5-6,9-10,13-15H2,1-4H3,(H,27,31). The number of hydrogen-bond acceptors (Lipinski definition) is 7. The maximum absolute atomic E-state index is 13.7. The topological polar surface area (TPSA) is 83.5 Å². The van der Waals surface area contributed by atoms with Crippen molar-refractivity contribution in [2.75, 3.05) is 33.4 Å². The van der Waals surface area contributed by atoms with Gasteiger partial charge in [0.15, 0.2) is 5.17 Å². The van der Waals surface area contributed by atoms with Crippen LogP contribution in [-0.4, -0.2) is 66.2 Å². The zero-order valence-corrected chi connectivity index (χ0v) is 21.7. The summed E-state index contributed by atoms with van der Waals surface area (Å²) in [5.74, 6) is 0.566. The number of carbonyl (C=O) groups excluding carboxylic acids is 2.